The summed E-state index contributed by atoms with van der Waals surface area (Å²) < 4.78 is 5.04. The second-order valence-electron chi connectivity index (χ2n) is 4.56. The summed E-state index contributed by atoms with van der Waals surface area (Å²) in [5.74, 6) is -1.16. The highest BCUT2D eigenvalue weighted by Gasteiger charge is 2.20. The molecule has 116 valence electrons. The molecule has 0 aliphatic rings. The zero-order chi connectivity index (χ0) is 16.1. The highest BCUT2D eigenvalue weighted by molar-refractivity contribution is 7.18. The highest BCUT2D eigenvalue weighted by atomic mass is 32.1. The van der Waals surface area contributed by atoms with Crippen molar-refractivity contribution < 1.29 is 19.4 Å². The van der Waals surface area contributed by atoms with Crippen LogP contribution in [0.2, 0.25) is 0 Å². The number of rotatable bonds is 5. The third-order valence-corrected chi connectivity index (χ3v) is 3.84. The van der Waals surface area contributed by atoms with E-state index in [1.807, 2.05) is 30.3 Å². The number of carbonyl (C=O) groups is 2. The number of hydrogen-bond acceptors (Lipinski definition) is 6. The lowest BCUT2D eigenvalue weighted by Gasteiger charge is -2.06. The first kappa shape index (κ1) is 15.8. The van der Waals surface area contributed by atoms with E-state index in [-0.39, 0.29) is 17.3 Å². The van der Waals surface area contributed by atoms with Gasteiger partial charge in [0, 0.05) is 14.1 Å². The van der Waals surface area contributed by atoms with Crippen LogP contribution >= 0.6 is 11.3 Å². The number of carboxylic acids is 1. The SMILES string of the molecule is CN(C)c1nc(NC(=O)OCc2ccccc2)c(C(=O)O)s1. The maximum atomic E-state index is 11.8. The maximum absolute atomic E-state index is 11.8. The van der Waals surface area contributed by atoms with Gasteiger partial charge in [-0.25, -0.2) is 14.6 Å². The van der Waals surface area contributed by atoms with Gasteiger partial charge in [-0.05, 0) is 5.56 Å². The fraction of sp³-hybridized carbons (Fsp3) is 0.214. The van der Waals surface area contributed by atoms with Crippen LogP contribution in [0.25, 0.3) is 0 Å². The lowest BCUT2D eigenvalue weighted by molar-refractivity contribution is 0.0703. The van der Waals surface area contributed by atoms with Crippen molar-refractivity contribution in [1.29, 1.82) is 0 Å². The third-order valence-electron chi connectivity index (χ3n) is 2.63. The van der Waals surface area contributed by atoms with Crippen LogP contribution < -0.4 is 10.2 Å². The van der Waals surface area contributed by atoms with E-state index < -0.39 is 12.1 Å². The van der Waals surface area contributed by atoms with Gasteiger partial charge >= 0.3 is 12.1 Å². The Labute approximate surface area is 131 Å². The normalized spacial score (nSPS) is 10.1. The molecular formula is C14H15N3O4S. The Balaban J connectivity index is 2.03. The minimum Gasteiger partial charge on any atom is -0.477 e. The lowest BCUT2D eigenvalue weighted by Crippen LogP contribution is -2.16. The lowest BCUT2D eigenvalue weighted by atomic mass is 10.2. The first-order valence-electron chi connectivity index (χ1n) is 6.36. The Bertz CT molecular complexity index is 670. The summed E-state index contributed by atoms with van der Waals surface area (Å²) in [7, 11) is 3.48. The van der Waals surface area contributed by atoms with E-state index in [1.165, 1.54) is 0 Å². The van der Waals surface area contributed by atoms with E-state index in [0.717, 1.165) is 16.9 Å². The van der Waals surface area contributed by atoms with Gasteiger partial charge in [0.05, 0.1) is 0 Å². The second kappa shape index (κ2) is 6.90. The number of carboxylic acid groups (broad SMARTS) is 1. The van der Waals surface area contributed by atoms with Gasteiger partial charge in [-0.2, -0.15) is 0 Å². The second-order valence-corrected chi connectivity index (χ2v) is 5.54. The van der Waals surface area contributed by atoms with Crippen LogP contribution in [0.1, 0.15) is 15.2 Å². The van der Waals surface area contributed by atoms with Crippen molar-refractivity contribution in [1.82, 2.24) is 4.98 Å². The minimum atomic E-state index is -1.15. The molecule has 0 saturated carbocycles. The Morgan fingerprint density at radius 1 is 1.32 bits per heavy atom. The summed E-state index contributed by atoms with van der Waals surface area (Å²) in [5.41, 5.74) is 0.836. The quantitative estimate of drug-likeness (QED) is 0.879. The van der Waals surface area contributed by atoms with Crippen molar-refractivity contribution in [3.05, 3.63) is 40.8 Å². The fourth-order valence-corrected chi connectivity index (χ4v) is 2.37. The summed E-state index contributed by atoms with van der Waals surface area (Å²) in [5, 5.41) is 12.0. The minimum absolute atomic E-state index is 0.0146. The third kappa shape index (κ3) is 3.95. The molecule has 2 N–H and O–H groups in total. The molecule has 2 rings (SSSR count). The molecule has 7 nitrogen and oxygen atoms in total. The highest BCUT2D eigenvalue weighted by Crippen LogP contribution is 2.28. The van der Waals surface area contributed by atoms with Crippen LogP contribution in [-0.4, -0.2) is 36.2 Å². The van der Waals surface area contributed by atoms with Gasteiger partial charge in [-0.3, -0.25) is 5.32 Å². The van der Waals surface area contributed by atoms with Crippen LogP contribution in [0.3, 0.4) is 0 Å². The molecule has 0 aliphatic heterocycles. The molecule has 22 heavy (non-hydrogen) atoms. The van der Waals surface area contributed by atoms with E-state index in [1.54, 1.807) is 19.0 Å². The van der Waals surface area contributed by atoms with Crippen molar-refractivity contribution in [3.8, 4) is 0 Å². The molecule has 0 spiro atoms. The number of aromatic carboxylic acids is 1. The van der Waals surface area contributed by atoms with Gasteiger partial charge in [-0.15, -0.1) is 0 Å². The van der Waals surface area contributed by atoms with Gasteiger partial charge in [0.2, 0.25) is 0 Å². The van der Waals surface area contributed by atoms with Gasteiger partial charge in [0.1, 0.15) is 6.61 Å². The van der Waals surface area contributed by atoms with E-state index in [9.17, 15) is 9.59 Å². The van der Waals surface area contributed by atoms with Crippen LogP contribution in [0.15, 0.2) is 30.3 Å². The average molecular weight is 321 g/mol. The van der Waals surface area contributed by atoms with Crippen LogP contribution in [0, 0.1) is 0 Å². The number of nitrogens with one attached hydrogen (secondary N) is 1. The number of hydrogen-bond donors (Lipinski definition) is 2. The monoisotopic (exact) mass is 321 g/mol. The number of amides is 1. The molecule has 0 fully saturated rings. The molecule has 0 unspecified atom stereocenters. The molecule has 1 heterocycles. The van der Waals surface area contributed by atoms with E-state index in [0.29, 0.717) is 5.13 Å². The first-order valence-corrected chi connectivity index (χ1v) is 7.18. The van der Waals surface area contributed by atoms with E-state index in [4.69, 9.17) is 9.84 Å². The van der Waals surface area contributed by atoms with Gasteiger partial charge in [-0.1, -0.05) is 41.7 Å². The smallest absolute Gasteiger partial charge is 0.413 e. The van der Waals surface area contributed by atoms with E-state index >= 15 is 0 Å². The molecular weight excluding hydrogens is 306 g/mol. The zero-order valence-electron chi connectivity index (χ0n) is 12.1. The molecule has 0 saturated heterocycles. The molecule has 1 aromatic heterocycles. The predicted molar refractivity (Wildman–Crippen MR) is 83.7 cm³/mol. The number of aromatic nitrogens is 1. The Morgan fingerprint density at radius 2 is 2.00 bits per heavy atom. The van der Waals surface area contributed by atoms with Gasteiger partial charge in [0.25, 0.3) is 0 Å². The number of nitrogens with zero attached hydrogens (tertiary/aromatic N) is 2. The number of benzene rings is 1. The summed E-state index contributed by atoms with van der Waals surface area (Å²) >= 11 is 0.977. The van der Waals surface area contributed by atoms with Crippen molar-refractivity contribution in [2.75, 3.05) is 24.3 Å². The van der Waals surface area contributed by atoms with Crippen molar-refractivity contribution in [2.24, 2.45) is 0 Å². The van der Waals surface area contributed by atoms with Crippen molar-refractivity contribution >= 4 is 34.3 Å². The van der Waals surface area contributed by atoms with Crippen molar-refractivity contribution in [2.45, 2.75) is 6.61 Å². The van der Waals surface area contributed by atoms with Crippen molar-refractivity contribution in [3.63, 3.8) is 0 Å². The maximum Gasteiger partial charge on any atom is 0.413 e. The first-order chi connectivity index (χ1) is 10.5. The fourth-order valence-electron chi connectivity index (χ4n) is 1.59. The molecule has 0 bridgehead atoms. The largest absolute Gasteiger partial charge is 0.477 e. The van der Waals surface area contributed by atoms with Crippen LogP contribution in [0.4, 0.5) is 15.7 Å². The summed E-state index contributed by atoms with van der Waals surface area (Å²) in [6, 6.07) is 9.18. The average Bonchev–Trinajstić information content (AvgIpc) is 2.90. The number of thiazole rings is 1. The van der Waals surface area contributed by atoms with Gasteiger partial charge < -0.3 is 14.7 Å². The summed E-state index contributed by atoms with van der Waals surface area (Å²) in [4.78, 5) is 28.6. The van der Waals surface area contributed by atoms with Crippen LogP contribution in [-0.2, 0) is 11.3 Å². The molecule has 0 atom stereocenters. The molecule has 8 heteroatoms. The molecule has 0 aliphatic carbocycles. The molecule has 2 aromatic rings. The number of ether oxygens (including phenoxy) is 1. The van der Waals surface area contributed by atoms with E-state index in [2.05, 4.69) is 10.3 Å². The zero-order valence-corrected chi connectivity index (χ0v) is 12.9. The van der Waals surface area contributed by atoms with Gasteiger partial charge in [0.15, 0.2) is 15.8 Å². The Morgan fingerprint density at radius 3 is 2.59 bits per heavy atom. The summed E-state index contributed by atoms with van der Waals surface area (Å²) in [6.45, 7) is 0.0970. The number of carbonyl (C=O) groups excluding carboxylic acids is 1. The molecule has 1 amide bonds. The standard InChI is InChI=1S/C14H15N3O4S/c1-17(2)13-15-11(10(22-13)12(18)19)16-14(20)21-8-9-6-4-3-5-7-9/h3-7H,8H2,1-2H3,(H,16,20)(H,18,19). The molecule has 0 radical (unpaired) electrons. The predicted octanol–water partition coefficient (Wildman–Crippen LogP) is 2.66. The molecule has 1 aromatic carbocycles. The summed E-state index contributed by atoms with van der Waals surface area (Å²) in [6.07, 6.45) is -0.748. The Kier molecular flexibility index (Phi) is 4.95. The topological polar surface area (TPSA) is 91.8 Å². The number of anilines is 2. The Hall–Kier alpha value is -2.61. The van der Waals surface area contributed by atoms with Crippen LogP contribution in [0.5, 0.6) is 0 Å².